The van der Waals surface area contributed by atoms with Crippen molar-refractivity contribution in [1.29, 1.82) is 0 Å². The Morgan fingerprint density at radius 2 is 2.12 bits per heavy atom. The second-order valence-corrected chi connectivity index (χ2v) is 3.43. The van der Waals surface area contributed by atoms with Crippen LogP contribution in [0.3, 0.4) is 0 Å². The minimum Gasteiger partial charge on any atom is -0.493 e. The number of nitrogens with one attached hydrogen (secondary N) is 1. The molecule has 6 heteroatoms. The van der Waals surface area contributed by atoms with E-state index in [9.17, 15) is 0 Å². The molecule has 0 saturated carbocycles. The van der Waals surface area contributed by atoms with Crippen molar-refractivity contribution in [3.05, 3.63) is 29.3 Å². The van der Waals surface area contributed by atoms with Crippen LogP contribution in [0.2, 0.25) is 0 Å². The number of hydrogen-bond acceptors (Lipinski definition) is 4. The number of methoxy groups -OCH3 is 2. The number of H-pyrrole nitrogens is 1. The molecule has 84 valence electrons. The highest BCUT2D eigenvalue weighted by Gasteiger charge is 2.11. The molecular formula is C10H11N3O2S. The Balaban J connectivity index is 2.65. The molecule has 0 spiro atoms. The minimum atomic E-state index is 0.506. The van der Waals surface area contributed by atoms with Crippen molar-refractivity contribution < 1.29 is 9.47 Å². The minimum absolute atomic E-state index is 0.506. The molecule has 0 aliphatic heterocycles. The fraction of sp³-hybridized carbons (Fsp3) is 0.200. The van der Waals surface area contributed by atoms with E-state index in [-0.39, 0.29) is 0 Å². The fourth-order valence-electron chi connectivity index (χ4n) is 1.48. The van der Waals surface area contributed by atoms with Crippen LogP contribution in [0, 0.1) is 4.77 Å². The quantitative estimate of drug-likeness (QED) is 0.829. The number of hydrogen-bond donors (Lipinski definition) is 1. The topological polar surface area (TPSA) is 52.1 Å². The van der Waals surface area contributed by atoms with Crippen LogP contribution >= 0.6 is 12.2 Å². The molecule has 0 amide bonds. The van der Waals surface area contributed by atoms with E-state index < -0.39 is 0 Å². The third-order valence-corrected chi connectivity index (χ3v) is 2.48. The van der Waals surface area contributed by atoms with Gasteiger partial charge in [-0.15, -0.1) is 0 Å². The van der Waals surface area contributed by atoms with Gasteiger partial charge in [0.15, 0.2) is 16.3 Å². The van der Waals surface area contributed by atoms with Crippen LogP contribution < -0.4 is 9.47 Å². The first-order valence-electron chi connectivity index (χ1n) is 4.61. The Morgan fingerprint density at radius 1 is 1.31 bits per heavy atom. The van der Waals surface area contributed by atoms with Gasteiger partial charge < -0.3 is 9.47 Å². The van der Waals surface area contributed by atoms with Gasteiger partial charge in [-0.2, -0.15) is 5.10 Å². The number of ether oxygens (including phenoxy) is 2. The molecule has 0 unspecified atom stereocenters. The van der Waals surface area contributed by atoms with Crippen molar-refractivity contribution in [1.82, 2.24) is 14.8 Å². The van der Waals surface area contributed by atoms with Crippen LogP contribution in [0.4, 0.5) is 0 Å². The summed E-state index contributed by atoms with van der Waals surface area (Å²) in [5, 5.41) is 6.55. The zero-order valence-corrected chi connectivity index (χ0v) is 9.75. The molecule has 2 rings (SSSR count). The summed E-state index contributed by atoms with van der Waals surface area (Å²) in [7, 11) is 3.18. The maximum Gasteiger partial charge on any atom is 0.199 e. The highest BCUT2D eigenvalue weighted by molar-refractivity contribution is 7.71. The van der Waals surface area contributed by atoms with Gasteiger partial charge in [0, 0.05) is 0 Å². The highest BCUT2D eigenvalue weighted by atomic mass is 32.1. The maximum absolute atomic E-state index is 5.31. The predicted octanol–water partition coefficient (Wildman–Crippen LogP) is 1.95. The van der Waals surface area contributed by atoms with E-state index in [4.69, 9.17) is 21.7 Å². The van der Waals surface area contributed by atoms with Crippen LogP contribution in [0.1, 0.15) is 0 Å². The average molecular weight is 237 g/mol. The molecule has 16 heavy (non-hydrogen) atoms. The molecule has 0 aliphatic rings. The lowest BCUT2D eigenvalue weighted by Crippen LogP contribution is -1.99. The van der Waals surface area contributed by atoms with E-state index in [1.165, 1.54) is 0 Å². The standard InChI is InChI=1S/C10H11N3O2S/c1-14-8-5-3-4-7(9(8)15-2)13-6-11-12-10(13)16/h3-6H,1-2H3,(H,12,16). The number of nitrogens with zero attached hydrogens (tertiary/aromatic N) is 2. The summed E-state index contributed by atoms with van der Waals surface area (Å²) in [6, 6.07) is 5.57. The van der Waals surface area contributed by atoms with Gasteiger partial charge in [0.1, 0.15) is 6.33 Å². The van der Waals surface area contributed by atoms with Crippen LogP contribution in [0.25, 0.3) is 5.69 Å². The largest absolute Gasteiger partial charge is 0.493 e. The molecule has 0 saturated heterocycles. The van der Waals surface area contributed by atoms with Crippen molar-refractivity contribution in [2.24, 2.45) is 0 Å². The van der Waals surface area contributed by atoms with Crippen LogP contribution in [0.15, 0.2) is 24.5 Å². The molecule has 1 heterocycles. The van der Waals surface area contributed by atoms with E-state index in [2.05, 4.69) is 10.2 Å². The van der Waals surface area contributed by atoms with Gasteiger partial charge in [-0.05, 0) is 24.4 Å². The van der Waals surface area contributed by atoms with Crippen LogP contribution in [-0.2, 0) is 0 Å². The lowest BCUT2D eigenvalue weighted by Gasteiger charge is -2.12. The summed E-state index contributed by atoms with van der Waals surface area (Å²) in [4.78, 5) is 0. The molecule has 1 aromatic heterocycles. The third kappa shape index (κ3) is 1.67. The molecule has 0 aliphatic carbocycles. The Labute approximate surface area is 97.6 Å². The first-order valence-corrected chi connectivity index (χ1v) is 5.02. The van der Waals surface area contributed by atoms with Gasteiger partial charge >= 0.3 is 0 Å². The van der Waals surface area contributed by atoms with E-state index in [1.54, 1.807) is 25.1 Å². The predicted molar refractivity (Wildman–Crippen MR) is 61.9 cm³/mol. The summed E-state index contributed by atoms with van der Waals surface area (Å²) >= 11 is 5.10. The summed E-state index contributed by atoms with van der Waals surface area (Å²) in [6.45, 7) is 0. The van der Waals surface area contributed by atoms with Crippen molar-refractivity contribution in [2.75, 3.05) is 14.2 Å². The number of para-hydroxylation sites is 1. The zero-order valence-electron chi connectivity index (χ0n) is 8.93. The molecule has 0 fully saturated rings. The van der Waals surface area contributed by atoms with E-state index in [1.807, 2.05) is 18.2 Å². The Morgan fingerprint density at radius 3 is 2.69 bits per heavy atom. The summed E-state index contributed by atoms with van der Waals surface area (Å²) in [6.07, 6.45) is 1.60. The third-order valence-electron chi connectivity index (χ3n) is 2.19. The first kappa shape index (κ1) is 10.7. The highest BCUT2D eigenvalue weighted by Crippen LogP contribution is 2.33. The van der Waals surface area contributed by atoms with E-state index in [0.717, 1.165) is 5.69 Å². The summed E-state index contributed by atoms with van der Waals surface area (Å²) in [5.74, 6) is 1.28. The molecule has 5 nitrogen and oxygen atoms in total. The lowest BCUT2D eigenvalue weighted by atomic mass is 10.2. The molecule has 1 aromatic carbocycles. The Bertz CT molecular complexity index is 547. The number of aromatic amines is 1. The van der Waals surface area contributed by atoms with Gasteiger partial charge in [0.2, 0.25) is 0 Å². The monoisotopic (exact) mass is 237 g/mol. The van der Waals surface area contributed by atoms with Crippen LogP contribution in [0.5, 0.6) is 11.5 Å². The molecule has 0 radical (unpaired) electrons. The van der Waals surface area contributed by atoms with Gasteiger partial charge in [0.25, 0.3) is 0 Å². The van der Waals surface area contributed by atoms with Gasteiger partial charge in [-0.1, -0.05) is 6.07 Å². The Hall–Kier alpha value is -1.82. The van der Waals surface area contributed by atoms with Gasteiger partial charge in [0.05, 0.1) is 19.9 Å². The van der Waals surface area contributed by atoms with Gasteiger partial charge in [-0.25, -0.2) is 0 Å². The van der Waals surface area contributed by atoms with E-state index in [0.29, 0.717) is 16.3 Å². The van der Waals surface area contributed by atoms with E-state index >= 15 is 0 Å². The van der Waals surface area contributed by atoms with Crippen molar-refractivity contribution in [2.45, 2.75) is 0 Å². The number of benzene rings is 1. The Kier molecular flexibility index (Phi) is 2.91. The lowest BCUT2D eigenvalue weighted by molar-refractivity contribution is 0.354. The van der Waals surface area contributed by atoms with Crippen molar-refractivity contribution >= 4 is 12.2 Å². The smallest absolute Gasteiger partial charge is 0.199 e. The first-order chi connectivity index (χ1) is 7.77. The summed E-state index contributed by atoms with van der Waals surface area (Å²) in [5.41, 5.74) is 0.792. The second-order valence-electron chi connectivity index (χ2n) is 3.04. The maximum atomic E-state index is 5.31. The van der Waals surface area contributed by atoms with Crippen LogP contribution in [-0.4, -0.2) is 29.0 Å². The molecule has 0 bridgehead atoms. The molecule has 0 atom stereocenters. The number of rotatable bonds is 3. The molecule has 1 N–H and O–H groups in total. The van der Waals surface area contributed by atoms with Crippen molar-refractivity contribution in [3.63, 3.8) is 0 Å². The van der Waals surface area contributed by atoms with Gasteiger partial charge in [-0.3, -0.25) is 9.67 Å². The second kappa shape index (κ2) is 4.36. The SMILES string of the molecule is COc1cccc(-n2cn[nH]c2=S)c1OC. The molecule has 2 aromatic rings. The fourth-order valence-corrected chi connectivity index (χ4v) is 1.68. The number of aromatic nitrogens is 3. The normalized spacial score (nSPS) is 10.1. The zero-order chi connectivity index (χ0) is 11.5. The summed E-state index contributed by atoms with van der Waals surface area (Å²) < 4.78 is 12.7. The molecular weight excluding hydrogens is 226 g/mol. The van der Waals surface area contributed by atoms with Crippen molar-refractivity contribution in [3.8, 4) is 17.2 Å². The average Bonchev–Trinajstić information content (AvgIpc) is 2.74.